The maximum atomic E-state index is 9.47. The molecule has 0 saturated heterocycles. The van der Waals surface area contributed by atoms with E-state index in [9.17, 15) is 5.11 Å². The van der Waals surface area contributed by atoms with E-state index in [1.54, 1.807) is 0 Å². The van der Waals surface area contributed by atoms with Gasteiger partial charge in [0.15, 0.2) is 0 Å². The summed E-state index contributed by atoms with van der Waals surface area (Å²) in [6.45, 7) is 0. The van der Waals surface area contributed by atoms with Gasteiger partial charge in [-0.25, -0.2) is 0 Å². The molecule has 0 atom stereocenters. The maximum Gasteiger partial charge on any atom is 0.0655 e. The van der Waals surface area contributed by atoms with Crippen molar-refractivity contribution in [3.63, 3.8) is 0 Å². The molecule has 78 valence electrons. The predicted molar refractivity (Wildman–Crippen MR) is 54.5 cm³/mol. The average Bonchev–Trinajstić information content (AvgIpc) is 2.24. The molecule has 0 bridgehead atoms. The van der Waals surface area contributed by atoms with E-state index < -0.39 is 0 Å². The maximum absolute atomic E-state index is 9.47. The van der Waals surface area contributed by atoms with Crippen LogP contribution in [0.4, 0.5) is 0 Å². The molecule has 2 rings (SSSR count). The van der Waals surface area contributed by atoms with Crippen molar-refractivity contribution in [3.8, 4) is 6.07 Å². The van der Waals surface area contributed by atoms with Crippen LogP contribution in [0.25, 0.3) is 0 Å². The zero-order valence-electron chi connectivity index (χ0n) is 8.71. The average molecular weight is 193 g/mol. The lowest BCUT2D eigenvalue weighted by molar-refractivity contribution is 0.0341. The normalized spacial score (nSPS) is 43.4. The molecule has 0 aromatic heterocycles. The first kappa shape index (κ1) is 9.98. The molecule has 0 aliphatic heterocycles. The van der Waals surface area contributed by atoms with Crippen molar-refractivity contribution >= 4 is 0 Å². The van der Waals surface area contributed by atoms with Gasteiger partial charge in [0.25, 0.3) is 0 Å². The highest BCUT2D eigenvalue weighted by atomic mass is 16.3. The van der Waals surface area contributed by atoms with E-state index in [1.165, 1.54) is 25.7 Å². The molecule has 2 aliphatic rings. The Morgan fingerprint density at radius 3 is 2.00 bits per heavy atom. The number of nitriles is 1. The summed E-state index contributed by atoms with van der Waals surface area (Å²) >= 11 is 0. The summed E-state index contributed by atoms with van der Waals surface area (Å²) in [5.74, 6) is 0.312. The van der Waals surface area contributed by atoms with Crippen molar-refractivity contribution in [1.82, 2.24) is 0 Å². The fraction of sp³-hybridized carbons (Fsp3) is 0.917. The van der Waals surface area contributed by atoms with Gasteiger partial charge in [-0.3, -0.25) is 0 Å². The molecule has 0 aromatic carbocycles. The van der Waals surface area contributed by atoms with E-state index in [1.807, 2.05) is 0 Å². The SMILES string of the molecule is N#CC1CCC2(CCC(O)CC2)CC1. The quantitative estimate of drug-likeness (QED) is 0.642. The standard InChI is InChI=1S/C12H19NO/c13-9-10-1-5-12(6-2-10)7-3-11(14)4-8-12/h10-11,14H,1-8H2. The molecule has 0 aromatic rings. The summed E-state index contributed by atoms with van der Waals surface area (Å²) in [6, 6.07) is 2.39. The van der Waals surface area contributed by atoms with Crippen LogP contribution in [-0.2, 0) is 0 Å². The van der Waals surface area contributed by atoms with Gasteiger partial charge in [-0.1, -0.05) is 0 Å². The van der Waals surface area contributed by atoms with Crippen LogP contribution in [0.2, 0.25) is 0 Å². The van der Waals surface area contributed by atoms with Crippen LogP contribution in [0.3, 0.4) is 0 Å². The van der Waals surface area contributed by atoms with Gasteiger partial charge < -0.3 is 5.11 Å². The van der Waals surface area contributed by atoms with Crippen LogP contribution in [0.15, 0.2) is 0 Å². The molecule has 0 radical (unpaired) electrons. The third-order valence-corrected chi connectivity index (χ3v) is 4.24. The molecule has 2 heteroatoms. The van der Waals surface area contributed by atoms with Crippen molar-refractivity contribution in [2.24, 2.45) is 11.3 Å². The number of aliphatic hydroxyl groups is 1. The van der Waals surface area contributed by atoms with E-state index in [0.717, 1.165) is 25.7 Å². The molecule has 0 heterocycles. The Balaban J connectivity index is 1.90. The second kappa shape index (κ2) is 3.90. The number of hydrogen-bond acceptors (Lipinski definition) is 2. The first-order valence-corrected chi connectivity index (χ1v) is 5.82. The molecule has 2 aliphatic carbocycles. The number of rotatable bonds is 0. The summed E-state index contributed by atoms with van der Waals surface area (Å²) in [7, 11) is 0. The van der Waals surface area contributed by atoms with Crippen molar-refractivity contribution < 1.29 is 5.11 Å². The van der Waals surface area contributed by atoms with Crippen LogP contribution in [-0.4, -0.2) is 11.2 Å². The second-order valence-corrected chi connectivity index (χ2v) is 5.13. The highest BCUT2D eigenvalue weighted by Crippen LogP contribution is 2.48. The van der Waals surface area contributed by atoms with Crippen LogP contribution < -0.4 is 0 Å². The highest BCUT2D eigenvalue weighted by Gasteiger charge is 2.37. The Morgan fingerprint density at radius 2 is 1.50 bits per heavy atom. The molecule has 1 spiro atoms. The number of hydrogen-bond donors (Lipinski definition) is 1. The Bertz CT molecular complexity index is 225. The van der Waals surface area contributed by atoms with Crippen LogP contribution in [0.1, 0.15) is 51.4 Å². The van der Waals surface area contributed by atoms with E-state index in [0.29, 0.717) is 11.3 Å². The lowest BCUT2D eigenvalue weighted by Gasteiger charge is -2.43. The summed E-state index contributed by atoms with van der Waals surface area (Å²) < 4.78 is 0. The summed E-state index contributed by atoms with van der Waals surface area (Å²) in [5, 5.41) is 18.3. The third kappa shape index (κ3) is 1.93. The molecule has 0 unspecified atom stereocenters. The molecule has 2 nitrogen and oxygen atoms in total. The van der Waals surface area contributed by atoms with Gasteiger partial charge in [0, 0.05) is 5.92 Å². The van der Waals surface area contributed by atoms with Crippen molar-refractivity contribution in [1.29, 1.82) is 5.26 Å². The fourth-order valence-electron chi connectivity index (χ4n) is 3.07. The van der Waals surface area contributed by atoms with Crippen molar-refractivity contribution in [2.75, 3.05) is 0 Å². The topological polar surface area (TPSA) is 44.0 Å². The van der Waals surface area contributed by atoms with Gasteiger partial charge in [-0.15, -0.1) is 0 Å². The monoisotopic (exact) mass is 193 g/mol. The van der Waals surface area contributed by atoms with Gasteiger partial charge in [0.2, 0.25) is 0 Å². The smallest absolute Gasteiger partial charge is 0.0655 e. The second-order valence-electron chi connectivity index (χ2n) is 5.13. The van der Waals surface area contributed by atoms with E-state index >= 15 is 0 Å². The lowest BCUT2D eigenvalue weighted by atomic mass is 9.63. The van der Waals surface area contributed by atoms with Crippen LogP contribution in [0.5, 0.6) is 0 Å². The van der Waals surface area contributed by atoms with Gasteiger partial charge in [0.1, 0.15) is 0 Å². The lowest BCUT2D eigenvalue weighted by Crippen LogP contribution is -2.33. The summed E-state index contributed by atoms with van der Waals surface area (Å²) in [5.41, 5.74) is 0.507. The van der Waals surface area contributed by atoms with Gasteiger partial charge in [-0.05, 0) is 56.8 Å². The molecule has 0 amide bonds. The molecule has 2 saturated carbocycles. The third-order valence-electron chi connectivity index (χ3n) is 4.24. The number of nitrogens with zero attached hydrogens (tertiary/aromatic N) is 1. The number of aliphatic hydroxyl groups excluding tert-OH is 1. The van der Waals surface area contributed by atoms with Crippen molar-refractivity contribution in [3.05, 3.63) is 0 Å². The largest absolute Gasteiger partial charge is 0.393 e. The predicted octanol–water partition coefficient (Wildman–Crippen LogP) is 2.62. The molecular weight excluding hydrogens is 174 g/mol. The van der Waals surface area contributed by atoms with Gasteiger partial charge in [-0.2, -0.15) is 5.26 Å². The molecule has 2 fully saturated rings. The van der Waals surface area contributed by atoms with Gasteiger partial charge in [0.05, 0.1) is 12.2 Å². The molecular formula is C12H19NO. The fourth-order valence-corrected chi connectivity index (χ4v) is 3.07. The Morgan fingerprint density at radius 1 is 1.00 bits per heavy atom. The minimum absolute atomic E-state index is 0.0469. The van der Waals surface area contributed by atoms with Crippen LogP contribution >= 0.6 is 0 Å². The first-order chi connectivity index (χ1) is 6.74. The Hall–Kier alpha value is -0.550. The van der Waals surface area contributed by atoms with E-state index in [2.05, 4.69) is 6.07 Å². The Labute approximate surface area is 85.9 Å². The molecule has 14 heavy (non-hydrogen) atoms. The first-order valence-electron chi connectivity index (χ1n) is 5.82. The zero-order chi connectivity index (χ0) is 10.0. The summed E-state index contributed by atoms with van der Waals surface area (Å²) in [4.78, 5) is 0. The highest BCUT2D eigenvalue weighted by molar-refractivity contribution is 4.95. The Kier molecular flexibility index (Phi) is 2.78. The van der Waals surface area contributed by atoms with E-state index in [4.69, 9.17) is 5.26 Å². The summed E-state index contributed by atoms with van der Waals surface area (Å²) in [6.07, 6.45) is 8.91. The molecule has 1 N–H and O–H groups in total. The van der Waals surface area contributed by atoms with Crippen LogP contribution in [0, 0.1) is 22.7 Å². The minimum Gasteiger partial charge on any atom is -0.393 e. The minimum atomic E-state index is -0.0469. The van der Waals surface area contributed by atoms with E-state index in [-0.39, 0.29) is 6.10 Å². The zero-order valence-corrected chi connectivity index (χ0v) is 8.71. The van der Waals surface area contributed by atoms with Gasteiger partial charge >= 0.3 is 0 Å². The van der Waals surface area contributed by atoms with Crippen molar-refractivity contribution in [2.45, 2.75) is 57.5 Å².